The monoisotopic (exact) mass is 1750 g/mol. The van der Waals surface area contributed by atoms with Gasteiger partial charge in [-0.15, -0.1) is 0 Å². The van der Waals surface area contributed by atoms with E-state index in [1.165, 1.54) is 243 Å². The van der Waals surface area contributed by atoms with Crippen molar-refractivity contribution in [2.24, 2.45) is 94.7 Å². The van der Waals surface area contributed by atoms with E-state index in [9.17, 15) is 35.1 Å². The summed E-state index contributed by atoms with van der Waals surface area (Å²) in [5.41, 5.74) is 0.594. The average molecular weight is 1750 g/mol. The molecule has 0 atom stereocenters. The van der Waals surface area contributed by atoms with Crippen LogP contribution in [-0.2, 0) is 0 Å². The summed E-state index contributed by atoms with van der Waals surface area (Å²) in [5, 5.41) is 0. The number of hydrogen-bond donors (Lipinski definition) is 0. The molecule has 0 unspecified atom stereocenters. The maximum Gasteiger partial charge on any atom is 0.201 e. The van der Waals surface area contributed by atoms with Crippen LogP contribution in [0.4, 0.5) is 35.1 Å². The lowest BCUT2D eigenvalue weighted by atomic mass is 9.69. The van der Waals surface area contributed by atoms with E-state index in [0.29, 0.717) is 50.1 Å². The van der Waals surface area contributed by atoms with Gasteiger partial charge >= 0.3 is 0 Å². The van der Waals surface area contributed by atoms with Crippen molar-refractivity contribution in [3.8, 4) is 70.4 Å². The zero-order chi connectivity index (χ0) is 89.6. The van der Waals surface area contributed by atoms with Crippen LogP contribution < -0.4 is 18.9 Å². The molecule has 0 aromatic heterocycles. The van der Waals surface area contributed by atoms with E-state index in [1.807, 2.05) is 0 Å². The average Bonchev–Trinajstić information content (AvgIpc) is 0.837. The van der Waals surface area contributed by atoms with Gasteiger partial charge in [-0.2, -0.15) is 17.6 Å². The highest BCUT2D eigenvalue weighted by molar-refractivity contribution is 5.45. The van der Waals surface area contributed by atoms with E-state index in [0.717, 1.165) is 199 Å². The lowest BCUT2D eigenvalue weighted by molar-refractivity contribution is 0.153. The molecule has 0 heterocycles. The normalized spacial score (nSPS) is 26.0. The highest BCUT2D eigenvalue weighted by Gasteiger charge is 2.36. The number of ether oxygens (including phenoxy) is 4. The van der Waals surface area contributed by atoms with E-state index < -0.39 is 46.5 Å². The van der Waals surface area contributed by atoms with Crippen LogP contribution in [0.1, 0.15) is 424 Å². The first-order valence-corrected chi connectivity index (χ1v) is 52.0. The minimum atomic E-state index is -0.912. The second kappa shape index (κ2) is 58.5. The summed E-state index contributed by atoms with van der Waals surface area (Å²) in [4.78, 5) is 0. The third kappa shape index (κ3) is 34.5. The van der Waals surface area contributed by atoms with E-state index in [-0.39, 0.29) is 45.3 Å². The summed E-state index contributed by atoms with van der Waals surface area (Å²) in [6.07, 6.45) is 66.8. The topological polar surface area (TPSA) is 36.9 Å². The van der Waals surface area contributed by atoms with Gasteiger partial charge < -0.3 is 18.9 Å². The zero-order valence-electron chi connectivity index (χ0n) is 79.5. The molecule has 12 rings (SSSR count). The van der Waals surface area contributed by atoms with Gasteiger partial charge in [0.05, 0.1) is 48.7 Å². The summed E-state index contributed by atoms with van der Waals surface area (Å²) in [5.74, 6) is 29.5. The van der Waals surface area contributed by atoms with Crippen LogP contribution in [0.25, 0.3) is 0 Å². The molecule has 0 N–H and O–H groups in total. The SMILES string of the molecule is CCCCCOc1ccc(C#C[C@H]2CC[C@H]([C@H]3CC[C@H](CC)CC3)CC2)c(F)c1F.CCCCCOc1ccc(C#C[C@H]2CC[C@H]([C@H]3CC[C@H](CCC)CC3)CC2)c(F)c1F.CCCCCOc1ccc(C#C[C@H]2CC[C@H]([C@H]3CC[C@H](CCCC)CC3)CC2)c(F)c1F.CCCCCOc1ccc(C#C[C@H]2CC[C@H]([C@H]3CC[C@H](CCCCC)CC3)CC2)c(F)c1F. The molecule has 12 heteroatoms. The first-order valence-electron chi connectivity index (χ1n) is 52.0. The van der Waals surface area contributed by atoms with Gasteiger partial charge in [0.25, 0.3) is 0 Å². The van der Waals surface area contributed by atoms with Crippen molar-refractivity contribution in [3.05, 3.63) is 117 Å². The van der Waals surface area contributed by atoms with Gasteiger partial charge in [0.1, 0.15) is 0 Å². The standard InChI is InChI=1S/C30H44F2O.C29H42F2O.C28H40F2O.C27H38F2O/c1-3-5-7-9-23-10-15-25(16-11-23)26-17-12-24(13-18-26)14-19-27-20-21-28(30(32)29(27)31)33-22-8-6-4-2;1-3-5-7-21-32-27-20-19-26(28(30)29(27)31)18-13-23-11-16-25(17-12-23)24-14-9-22(10-15-24)8-6-4-2;1-3-5-6-20-31-26-19-18-25(27(29)28(26)30)17-12-22-10-15-24(16-11-22)23-13-8-21(7-4-2)9-14-23;1-3-5-6-19-30-25-18-17-24(26(28)27(25)29)16-11-21-9-14-23(15-10-21)22-12-7-20(4-2)8-13-22/h20-21,23-26H,3-13,15-18,22H2,1-2H3;19-20,22-25H,3-12,14-17,21H2,1-2H3;18-19,21-24H,3-11,13-16,20H2,1-2H3;17-18,20-23H,3-10,12-15,19H2,1-2H3/t23-,24-,25-,26-;22-,23-,24-,25-;21-,22-,23-,24-;20-,21-,22-,23-. The number of unbranched alkanes of at least 4 members (excludes halogenated alkanes) is 11. The van der Waals surface area contributed by atoms with Crippen molar-refractivity contribution in [1.82, 2.24) is 0 Å². The van der Waals surface area contributed by atoms with Crippen molar-refractivity contribution in [1.29, 1.82) is 0 Å². The lowest BCUT2D eigenvalue weighted by Crippen LogP contribution is -2.25. The maximum absolute atomic E-state index is 14.5. The summed E-state index contributed by atoms with van der Waals surface area (Å²) in [6.45, 7) is 19.2. The number of rotatable bonds is 34. The molecule has 0 spiro atoms. The Bertz CT molecular complexity index is 3980. The van der Waals surface area contributed by atoms with Gasteiger partial charge in [-0.05, 0) is 299 Å². The second-order valence-electron chi connectivity index (χ2n) is 39.7. The van der Waals surface area contributed by atoms with Gasteiger partial charge in [0.15, 0.2) is 46.3 Å². The first-order chi connectivity index (χ1) is 61.5. The van der Waals surface area contributed by atoms with Gasteiger partial charge in [-0.1, -0.05) is 270 Å². The van der Waals surface area contributed by atoms with E-state index in [2.05, 4.69) is 103 Å². The summed E-state index contributed by atoms with van der Waals surface area (Å²) in [6, 6.07) is 12.3. The molecule has 0 bridgehead atoms. The van der Waals surface area contributed by atoms with Crippen LogP contribution in [0.15, 0.2) is 48.5 Å². The van der Waals surface area contributed by atoms with Crippen LogP contribution in [0.2, 0.25) is 0 Å². The Morgan fingerprint density at radius 2 is 0.421 bits per heavy atom. The maximum atomic E-state index is 14.5. The molecule has 126 heavy (non-hydrogen) atoms. The highest BCUT2D eigenvalue weighted by Crippen LogP contribution is 2.47. The van der Waals surface area contributed by atoms with Crippen LogP contribution >= 0.6 is 0 Å². The number of halogens is 8. The van der Waals surface area contributed by atoms with Gasteiger partial charge in [0, 0.05) is 23.7 Å². The predicted molar refractivity (Wildman–Crippen MR) is 505 cm³/mol. The summed E-state index contributed by atoms with van der Waals surface area (Å²) >= 11 is 0. The summed E-state index contributed by atoms with van der Waals surface area (Å²) in [7, 11) is 0. The van der Waals surface area contributed by atoms with Crippen molar-refractivity contribution < 1.29 is 54.1 Å². The van der Waals surface area contributed by atoms with Gasteiger partial charge in [-0.25, -0.2) is 17.6 Å². The van der Waals surface area contributed by atoms with Crippen LogP contribution in [0.3, 0.4) is 0 Å². The van der Waals surface area contributed by atoms with E-state index >= 15 is 0 Å². The molecule has 4 aromatic rings. The predicted octanol–water partition coefficient (Wildman–Crippen LogP) is 34.0. The molecular weight excluding hydrogens is 1590 g/mol. The lowest BCUT2D eigenvalue weighted by Gasteiger charge is -2.37. The van der Waals surface area contributed by atoms with Crippen LogP contribution in [-0.4, -0.2) is 26.4 Å². The van der Waals surface area contributed by atoms with Crippen LogP contribution in [0.5, 0.6) is 23.0 Å². The van der Waals surface area contributed by atoms with Crippen molar-refractivity contribution in [2.75, 3.05) is 26.4 Å². The van der Waals surface area contributed by atoms with E-state index in [1.54, 1.807) is 24.3 Å². The smallest absolute Gasteiger partial charge is 0.201 e. The van der Waals surface area contributed by atoms with Crippen molar-refractivity contribution in [3.63, 3.8) is 0 Å². The van der Waals surface area contributed by atoms with Crippen molar-refractivity contribution in [2.45, 2.75) is 402 Å². The quantitative estimate of drug-likeness (QED) is 0.0265. The molecular formula is C114H164F8O4. The zero-order valence-corrected chi connectivity index (χ0v) is 79.5. The molecule has 8 aliphatic rings. The molecule has 8 saturated carbocycles. The second-order valence-corrected chi connectivity index (χ2v) is 39.7. The highest BCUT2D eigenvalue weighted by atomic mass is 19.2. The Hall–Kier alpha value is -6.24. The molecule has 4 aromatic carbocycles. The molecule has 0 aliphatic heterocycles. The van der Waals surface area contributed by atoms with E-state index in [4.69, 9.17) is 18.9 Å². The minimum Gasteiger partial charge on any atom is -0.490 e. The van der Waals surface area contributed by atoms with Gasteiger partial charge in [-0.3, -0.25) is 0 Å². The molecule has 4 nitrogen and oxygen atoms in total. The molecule has 700 valence electrons. The number of hydrogen-bond acceptors (Lipinski definition) is 4. The Balaban J connectivity index is 0.000000190. The first kappa shape index (κ1) is 103. The Kier molecular flexibility index (Phi) is 48.1. The Morgan fingerprint density at radius 3 is 0.643 bits per heavy atom. The molecule has 8 aliphatic carbocycles. The molecule has 8 fully saturated rings. The van der Waals surface area contributed by atoms with Crippen molar-refractivity contribution >= 4 is 0 Å². The molecule has 0 radical (unpaired) electrons. The number of benzene rings is 4. The third-order valence-corrected chi connectivity index (χ3v) is 30.6. The molecule has 0 saturated heterocycles. The largest absolute Gasteiger partial charge is 0.490 e. The minimum absolute atomic E-state index is 0.00486. The van der Waals surface area contributed by atoms with Crippen LogP contribution in [0, 0.1) is 189 Å². The molecule has 0 amide bonds. The van der Waals surface area contributed by atoms with Gasteiger partial charge in [0.2, 0.25) is 23.3 Å². The Labute approximate surface area is 760 Å². The third-order valence-electron chi connectivity index (χ3n) is 30.6. The fourth-order valence-electron chi connectivity index (χ4n) is 22.3. The fourth-order valence-corrected chi connectivity index (χ4v) is 22.3. The summed E-state index contributed by atoms with van der Waals surface area (Å²) < 4.78 is 137. The fraction of sp³-hybridized carbons (Fsp3) is 0.719. The Morgan fingerprint density at radius 1 is 0.214 bits per heavy atom.